The molecule has 0 spiro atoms. The molecule has 134 valence electrons. The minimum Gasteiger partial charge on any atom is -0.497 e. The molecule has 25 heavy (non-hydrogen) atoms. The van der Waals surface area contributed by atoms with Crippen LogP contribution >= 0.6 is 0 Å². The van der Waals surface area contributed by atoms with Crippen molar-refractivity contribution >= 4 is 11.9 Å². The summed E-state index contributed by atoms with van der Waals surface area (Å²) >= 11 is 0. The number of hydrogen-bond donors (Lipinski definition) is 0. The molecule has 1 aromatic carbocycles. The summed E-state index contributed by atoms with van der Waals surface area (Å²) in [4.78, 5) is 26.7. The Kier molecular flexibility index (Phi) is 6.81. The zero-order chi connectivity index (χ0) is 18.2. The maximum absolute atomic E-state index is 12.5. The summed E-state index contributed by atoms with van der Waals surface area (Å²) in [5.74, 6) is -0.110. The molecule has 0 aromatic heterocycles. The number of methoxy groups -OCH3 is 1. The van der Waals surface area contributed by atoms with E-state index in [1.165, 1.54) is 0 Å². The van der Waals surface area contributed by atoms with E-state index in [0.29, 0.717) is 19.4 Å². The third-order valence-electron chi connectivity index (χ3n) is 4.50. The van der Waals surface area contributed by atoms with Crippen molar-refractivity contribution in [3.05, 3.63) is 29.8 Å². The number of ether oxygens (including phenoxy) is 2. The number of benzene rings is 1. The van der Waals surface area contributed by atoms with Gasteiger partial charge < -0.3 is 14.4 Å². The van der Waals surface area contributed by atoms with Crippen LogP contribution in [-0.4, -0.2) is 37.0 Å². The number of hydrogen-bond acceptors (Lipinski definition) is 5. The molecule has 0 bridgehead atoms. The predicted molar refractivity (Wildman–Crippen MR) is 91.7 cm³/mol. The van der Waals surface area contributed by atoms with Crippen LogP contribution in [0.1, 0.15) is 44.2 Å². The molecule has 1 heterocycles. The van der Waals surface area contributed by atoms with E-state index in [-0.39, 0.29) is 18.6 Å². The zero-order valence-electron chi connectivity index (χ0n) is 14.7. The molecule has 0 unspecified atom stereocenters. The standard InChI is InChI=1S/C19H24N2O4/c1-3-4-12-21-17(22)10-9-16(19(23)25-13-11-20)18(21)14-5-7-15(24-2)8-6-14/h5-8,16,18H,3-4,9-10,12-13H2,1-2H3/t16-,18-/m0/s1. The van der Waals surface area contributed by atoms with Gasteiger partial charge in [-0.2, -0.15) is 5.26 Å². The van der Waals surface area contributed by atoms with E-state index in [9.17, 15) is 9.59 Å². The van der Waals surface area contributed by atoms with Crippen LogP contribution in [0.25, 0.3) is 0 Å². The van der Waals surface area contributed by atoms with E-state index in [2.05, 4.69) is 6.92 Å². The lowest BCUT2D eigenvalue weighted by Crippen LogP contribution is -2.46. The molecule has 2 rings (SSSR count). The molecular formula is C19H24N2O4. The molecule has 1 saturated heterocycles. The van der Waals surface area contributed by atoms with E-state index in [4.69, 9.17) is 14.7 Å². The fourth-order valence-electron chi connectivity index (χ4n) is 3.22. The van der Waals surface area contributed by atoms with Gasteiger partial charge >= 0.3 is 5.97 Å². The number of amides is 1. The van der Waals surface area contributed by atoms with E-state index in [0.717, 1.165) is 24.2 Å². The van der Waals surface area contributed by atoms with Crippen molar-refractivity contribution in [3.8, 4) is 11.8 Å². The molecule has 6 heteroatoms. The van der Waals surface area contributed by atoms with E-state index < -0.39 is 11.9 Å². The van der Waals surface area contributed by atoms with Gasteiger partial charge in [-0.05, 0) is 30.5 Å². The van der Waals surface area contributed by atoms with Crippen LogP contribution in [0, 0.1) is 17.2 Å². The van der Waals surface area contributed by atoms with Gasteiger partial charge in [-0.25, -0.2) is 0 Å². The second-order valence-electron chi connectivity index (χ2n) is 6.07. The van der Waals surface area contributed by atoms with Crippen molar-refractivity contribution in [2.24, 2.45) is 5.92 Å². The van der Waals surface area contributed by atoms with Crippen LogP contribution in [0.2, 0.25) is 0 Å². The SMILES string of the molecule is CCCCN1C(=O)CC[C@H](C(=O)OCC#N)[C@@H]1c1ccc(OC)cc1. The highest BCUT2D eigenvalue weighted by atomic mass is 16.5. The fourth-order valence-corrected chi connectivity index (χ4v) is 3.22. The first-order valence-corrected chi connectivity index (χ1v) is 8.59. The minimum atomic E-state index is -0.462. The summed E-state index contributed by atoms with van der Waals surface area (Å²) in [6.07, 6.45) is 2.59. The smallest absolute Gasteiger partial charge is 0.312 e. The van der Waals surface area contributed by atoms with E-state index >= 15 is 0 Å². The summed E-state index contributed by atoms with van der Waals surface area (Å²) in [6.45, 7) is 2.40. The first-order chi connectivity index (χ1) is 12.1. The van der Waals surface area contributed by atoms with Crippen molar-refractivity contribution in [2.75, 3.05) is 20.3 Å². The number of rotatable bonds is 7. The van der Waals surface area contributed by atoms with E-state index in [1.54, 1.807) is 12.0 Å². The second-order valence-corrected chi connectivity index (χ2v) is 6.07. The summed E-state index contributed by atoms with van der Waals surface area (Å²) in [5, 5.41) is 8.66. The highest BCUT2D eigenvalue weighted by Gasteiger charge is 2.41. The molecule has 1 aliphatic heterocycles. The molecule has 0 aliphatic carbocycles. The Labute approximate surface area is 148 Å². The Morgan fingerprint density at radius 1 is 1.36 bits per heavy atom. The average molecular weight is 344 g/mol. The highest BCUT2D eigenvalue weighted by Crippen LogP contribution is 2.38. The minimum absolute atomic E-state index is 0.0543. The Balaban J connectivity index is 2.34. The zero-order valence-corrected chi connectivity index (χ0v) is 14.7. The summed E-state index contributed by atoms with van der Waals surface area (Å²) in [7, 11) is 1.59. The van der Waals surface area contributed by atoms with Gasteiger partial charge in [0.2, 0.25) is 5.91 Å². The van der Waals surface area contributed by atoms with Crippen molar-refractivity contribution in [1.82, 2.24) is 4.90 Å². The molecule has 6 nitrogen and oxygen atoms in total. The summed E-state index contributed by atoms with van der Waals surface area (Å²) < 4.78 is 10.2. The van der Waals surface area contributed by atoms with Gasteiger partial charge in [0.05, 0.1) is 19.1 Å². The van der Waals surface area contributed by atoms with Crippen LogP contribution in [-0.2, 0) is 14.3 Å². The number of nitrogens with zero attached hydrogens (tertiary/aromatic N) is 2. The van der Waals surface area contributed by atoms with Gasteiger partial charge in [-0.1, -0.05) is 25.5 Å². The van der Waals surface area contributed by atoms with Gasteiger partial charge in [0.25, 0.3) is 0 Å². The number of carbonyl (C=O) groups excluding carboxylic acids is 2. The normalized spacial score (nSPS) is 20.0. The molecule has 0 N–H and O–H groups in total. The van der Waals surface area contributed by atoms with Crippen molar-refractivity contribution in [1.29, 1.82) is 5.26 Å². The Morgan fingerprint density at radius 3 is 2.68 bits per heavy atom. The van der Waals surface area contributed by atoms with Gasteiger partial charge in [-0.15, -0.1) is 0 Å². The third-order valence-corrected chi connectivity index (χ3v) is 4.50. The molecule has 2 atom stereocenters. The second kappa shape index (κ2) is 9.07. The van der Waals surface area contributed by atoms with Crippen molar-refractivity contribution in [3.63, 3.8) is 0 Å². The van der Waals surface area contributed by atoms with Crippen molar-refractivity contribution < 1.29 is 19.1 Å². The topological polar surface area (TPSA) is 79.6 Å². The van der Waals surface area contributed by atoms with E-state index in [1.807, 2.05) is 30.3 Å². The van der Waals surface area contributed by atoms with Crippen LogP contribution in [0.4, 0.5) is 0 Å². The number of likely N-dealkylation sites (tertiary alicyclic amines) is 1. The molecule has 0 saturated carbocycles. The highest BCUT2D eigenvalue weighted by molar-refractivity contribution is 5.82. The third kappa shape index (κ3) is 4.50. The predicted octanol–water partition coefficient (Wildman–Crippen LogP) is 2.84. The number of carbonyl (C=O) groups is 2. The molecular weight excluding hydrogens is 320 g/mol. The number of nitriles is 1. The maximum atomic E-state index is 12.5. The first-order valence-electron chi connectivity index (χ1n) is 8.59. The molecule has 1 aliphatic rings. The lowest BCUT2D eigenvalue weighted by molar-refractivity contribution is -0.156. The lowest BCUT2D eigenvalue weighted by Gasteiger charge is -2.40. The van der Waals surface area contributed by atoms with Crippen LogP contribution in [0.5, 0.6) is 5.75 Å². The molecule has 0 radical (unpaired) electrons. The van der Waals surface area contributed by atoms with Crippen LogP contribution < -0.4 is 4.74 Å². The van der Waals surface area contributed by atoms with Gasteiger partial charge in [0.15, 0.2) is 6.61 Å². The van der Waals surface area contributed by atoms with Gasteiger partial charge in [0.1, 0.15) is 11.8 Å². The van der Waals surface area contributed by atoms with Gasteiger partial charge in [-0.3, -0.25) is 9.59 Å². The number of esters is 1. The Bertz CT molecular complexity index is 636. The lowest BCUT2D eigenvalue weighted by atomic mass is 9.84. The number of piperidine rings is 1. The Morgan fingerprint density at radius 2 is 2.08 bits per heavy atom. The number of unbranched alkanes of at least 4 members (excludes halogenated alkanes) is 1. The van der Waals surface area contributed by atoms with Gasteiger partial charge in [0, 0.05) is 13.0 Å². The van der Waals surface area contributed by atoms with Crippen LogP contribution in [0.15, 0.2) is 24.3 Å². The Hall–Kier alpha value is -2.55. The van der Waals surface area contributed by atoms with Crippen molar-refractivity contribution in [2.45, 2.75) is 38.6 Å². The quantitative estimate of drug-likeness (QED) is 0.711. The molecule has 1 fully saturated rings. The average Bonchev–Trinajstić information content (AvgIpc) is 2.65. The maximum Gasteiger partial charge on any atom is 0.312 e. The van der Waals surface area contributed by atoms with Crippen LogP contribution in [0.3, 0.4) is 0 Å². The first kappa shape index (κ1) is 18.8. The molecule has 1 amide bonds. The monoisotopic (exact) mass is 344 g/mol. The fraction of sp³-hybridized carbons (Fsp3) is 0.526. The molecule has 1 aromatic rings. The summed E-state index contributed by atoms with van der Waals surface area (Å²) in [5.41, 5.74) is 0.879. The largest absolute Gasteiger partial charge is 0.497 e. The summed E-state index contributed by atoms with van der Waals surface area (Å²) in [6, 6.07) is 8.86.